The van der Waals surface area contributed by atoms with Crippen molar-refractivity contribution in [3.8, 4) is 17.7 Å². The number of anilines is 1. The Bertz CT molecular complexity index is 1060. The highest BCUT2D eigenvalue weighted by atomic mass is 32.1. The number of carbonyl (C=O) groups excluding carboxylic acids is 1. The van der Waals surface area contributed by atoms with Gasteiger partial charge in [0, 0.05) is 17.3 Å². The van der Waals surface area contributed by atoms with Gasteiger partial charge in [0.15, 0.2) is 0 Å². The van der Waals surface area contributed by atoms with E-state index < -0.39 is 0 Å². The number of nitrogens with one attached hydrogen (secondary N) is 1. The SMILES string of the molecule is Cc1cc(Oc2ncccc2C#N)ccc1NC(=O)c1cnc(C(C)(C)C)s1. The van der Waals surface area contributed by atoms with Crippen molar-refractivity contribution in [2.24, 2.45) is 0 Å². The molecule has 0 atom stereocenters. The van der Waals surface area contributed by atoms with Gasteiger partial charge >= 0.3 is 0 Å². The molecule has 0 spiro atoms. The highest BCUT2D eigenvalue weighted by molar-refractivity contribution is 7.13. The number of hydrogen-bond donors (Lipinski definition) is 1. The van der Waals surface area contributed by atoms with Crippen LogP contribution in [0.2, 0.25) is 0 Å². The van der Waals surface area contributed by atoms with Crippen LogP contribution >= 0.6 is 11.3 Å². The van der Waals surface area contributed by atoms with Gasteiger partial charge in [-0.3, -0.25) is 4.79 Å². The van der Waals surface area contributed by atoms with Gasteiger partial charge < -0.3 is 10.1 Å². The van der Waals surface area contributed by atoms with E-state index in [1.54, 1.807) is 42.7 Å². The van der Waals surface area contributed by atoms with Gasteiger partial charge in [0.05, 0.1) is 11.2 Å². The van der Waals surface area contributed by atoms with E-state index in [0.29, 0.717) is 21.9 Å². The number of aromatic nitrogens is 2. The fourth-order valence-corrected chi connectivity index (χ4v) is 3.29. The Morgan fingerprint density at radius 1 is 1.25 bits per heavy atom. The number of aryl methyl sites for hydroxylation is 1. The minimum Gasteiger partial charge on any atom is -0.438 e. The molecule has 0 saturated heterocycles. The third-order valence-electron chi connectivity index (χ3n) is 3.92. The average Bonchev–Trinajstić information content (AvgIpc) is 3.15. The molecule has 0 unspecified atom stereocenters. The van der Waals surface area contributed by atoms with Gasteiger partial charge in [-0.1, -0.05) is 20.8 Å². The van der Waals surface area contributed by atoms with Crippen LogP contribution in [0.5, 0.6) is 11.6 Å². The molecule has 0 saturated carbocycles. The van der Waals surface area contributed by atoms with Crippen LogP contribution in [0.3, 0.4) is 0 Å². The van der Waals surface area contributed by atoms with E-state index >= 15 is 0 Å². The Labute approximate surface area is 167 Å². The summed E-state index contributed by atoms with van der Waals surface area (Å²) < 4.78 is 5.71. The van der Waals surface area contributed by atoms with Crippen LogP contribution < -0.4 is 10.1 Å². The highest BCUT2D eigenvalue weighted by Gasteiger charge is 2.20. The average molecular weight is 392 g/mol. The molecule has 0 aliphatic rings. The zero-order valence-electron chi connectivity index (χ0n) is 16.1. The molecule has 3 aromatic rings. The maximum Gasteiger partial charge on any atom is 0.267 e. The first kappa shape index (κ1) is 19.5. The minimum absolute atomic E-state index is 0.0914. The molecule has 1 N–H and O–H groups in total. The van der Waals surface area contributed by atoms with E-state index in [2.05, 4.69) is 36.1 Å². The van der Waals surface area contributed by atoms with Gasteiger partial charge in [-0.25, -0.2) is 9.97 Å². The Morgan fingerprint density at radius 2 is 2.04 bits per heavy atom. The molecule has 142 valence electrons. The highest BCUT2D eigenvalue weighted by Crippen LogP contribution is 2.29. The van der Waals surface area contributed by atoms with E-state index in [1.807, 2.05) is 13.0 Å². The summed E-state index contributed by atoms with van der Waals surface area (Å²) in [5.41, 5.74) is 1.79. The van der Waals surface area contributed by atoms with Crippen molar-refractivity contribution < 1.29 is 9.53 Å². The summed E-state index contributed by atoms with van der Waals surface area (Å²) in [6, 6.07) is 10.7. The summed E-state index contributed by atoms with van der Waals surface area (Å²) in [4.78, 5) is 21.6. The predicted octanol–water partition coefficient (Wildman–Crippen LogP) is 5.06. The number of ether oxygens (including phenoxy) is 1. The second-order valence-electron chi connectivity index (χ2n) is 7.28. The van der Waals surface area contributed by atoms with Crippen LogP contribution in [0.25, 0.3) is 0 Å². The van der Waals surface area contributed by atoms with E-state index in [4.69, 9.17) is 10.00 Å². The third-order valence-corrected chi connectivity index (χ3v) is 5.35. The lowest BCUT2D eigenvalue weighted by molar-refractivity contribution is 0.103. The zero-order valence-corrected chi connectivity index (χ0v) is 16.9. The topological polar surface area (TPSA) is 87.9 Å². The Morgan fingerprint density at radius 3 is 2.68 bits per heavy atom. The molecule has 2 aromatic heterocycles. The maximum absolute atomic E-state index is 12.5. The molecule has 0 fully saturated rings. The van der Waals surface area contributed by atoms with Crippen molar-refractivity contribution >= 4 is 22.9 Å². The largest absolute Gasteiger partial charge is 0.438 e. The lowest BCUT2D eigenvalue weighted by Crippen LogP contribution is -2.11. The van der Waals surface area contributed by atoms with Crippen molar-refractivity contribution in [3.05, 3.63) is 63.7 Å². The van der Waals surface area contributed by atoms with E-state index in [0.717, 1.165) is 10.6 Å². The second kappa shape index (κ2) is 7.79. The first-order chi connectivity index (χ1) is 13.3. The zero-order chi connectivity index (χ0) is 20.3. The molecule has 7 heteroatoms. The Hall–Kier alpha value is -3.24. The first-order valence-corrected chi connectivity index (χ1v) is 9.51. The van der Waals surface area contributed by atoms with Gasteiger partial charge in [-0.05, 0) is 42.8 Å². The first-order valence-electron chi connectivity index (χ1n) is 8.69. The van der Waals surface area contributed by atoms with Crippen molar-refractivity contribution in [1.29, 1.82) is 5.26 Å². The van der Waals surface area contributed by atoms with Crippen LogP contribution in [0.4, 0.5) is 5.69 Å². The summed E-state index contributed by atoms with van der Waals surface area (Å²) in [5, 5.41) is 13.0. The summed E-state index contributed by atoms with van der Waals surface area (Å²) in [7, 11) is 0. The van der Waals surface area contributed by atoms with Crippen LogP contribution in [-0.4, -0.2) is 15.9 Å². The van der Waals surface area contributed by atoms with Crippen molar-refractivity contribution in [1.82, 2.24) is 9.97 Å². The third kappa shape index (κ3) is 4.35. The van der Waals surface area contributed by atoms with Crippen LogP contribution in [0.1, 0.15) is 46.6 Å². The molecule has 1 amide bonds. The summed E-state index contributed by atoms with van der Waals surface area (Å²) in [5.74, 6) is 0.598. The number of benzene rings is 1. The quantitative estimate of drug-likeness (QED) is 0.670. The van der Waals surface area contributed by atoms with Crippen LogP contribution in [0, 0.1) is 18.3 Å². The van der Waals surface area contributed by atoms with Gasteiger partial charge in [0.2, 0.25) is 5.88 Å². The molecular formula is C21H20N4O2S. The molecule has 0 radical (unpaired) electrons. The van der Waals surface area contributed by atoms with Crippen molar-refractivity contribution in [2.75, 3.05) is 5.32 Å². The standard InChI is InChI=1S/C21H20N4O2S/c1-13-10-15(27-19-14(11-22)6-5-9-23-19)7-8-16(13)25-18(26)17-12-24-20(28-17)21(2,3)4/h5-10,12H,1-4H3,(H,25,26). The predicted molar refractivity (Wildman–Crippen MR) is 109 cm³/mol. The number of thiazole rings is 1. The number of carbonyl (C=O) groups is 1. The summed E-state index contributed by atoms with van der Waals surface area (Å²) in [6.45, 7) is 8.07. The molecule has 6 nitrogen and oxygen atoms in total. The van der Waals surface area contributed by atoms with E-state index in [9.17, 15) is 4.79 Å². The van der Waals surface area contributed by atoms with Gasteiger partial charge in [-0.2, -0.15) is 5.26 Å². The molecule has 2 heterocycles. The lowest BCUT2D eigenvalue weighted by Gasteiger charge is -2.13. The fourth-order valence-electron chi connectivity index (χ4n) is 2.42. The number of hydrogen-bond acceptors (Lipinski definition) is 6. The van der Waals surface area contributed by atoms with Gasteiger partial charge in [0.25, 0.3) is 5.91 Å². The molecule has 0 aliphatic carbocycles. The van der Waals surface area contributed by atoms with Crippen LogP contribution in [-0.2, 0) is 5.41 Å². The normalized spacial score (nSPS) is 11.0. The molecular weight excluding hydrogens is 372 g/mol. The monoisotopic (exact) mass is 392 g/mol. The van der Waals surface area contributed by atoms with Gasteiger partial charge in [0.1, 0.15) is 22.3 Å². The minimum atomic E-state index is -0.193. The molecule has 28 heavy (non-hydrogen) atoms. The number of rotatable bonds is 4. The van der Waals surface area contributed by atoms with E-state index in [1.165, 1.54) is 11.3 Å². The number of nitrogens with zero attached hydrogens (tertiary/aromatic N) is 3. The molecule has 1 aromatic carbocycles. The van der Waals surface area contributed by atoms with Crippen molar-refractivity contribution in [2.45, 2.75) is 33.1 Å². The molecule has 0 bridgehead atoms. The van der Waals surface area contributed by atoms with Gasteiger partial charge in [-0.15, -0.1) is 11.3 Å². The summed E-state index contributed by atoms with van der Waals surface area (Å²) in [6.07, 6.45) is 3.18. The molecule has 3 rings (SSSR count). The molecule has 0 aliphatic heterocycles. The Kier molecular flexibility index (Phi) is 5.43. The number of pyridine rings is 1. The fraction of sp³-hybridized carbons (Fsp3) is 0.238. The van der Waals surface area contributed by atoms with Crippen LogP contribution in [0.15, 0.2) is 42.7 Å². The second-order valence-corrected chi connectivity index (χ2v) is 8.31. The Balaban J connectivity index is 1.75. The van der Waals surface area contributed by atoms with E-state index in [-0.39, 0.29) is 17.2 Å². The van der Waals surface area contributed by atoms with Crippen molar-refractivity contribution in [3.63, 3.8) is 0 Å². The smallest absolute Gasteiger partial charge is 0.267 e. The lowest BCUT2D eigenvalue weighted by atomic mass is 9.98. The summed E-state index contributed by atoms with van der Waals surface area (Å²) >= 11 is 1.40. The number of amides is 1. The maximum atomic E-state index is 12.5. The number of nitriles is 1.